The Morgan fingerprint density at radius 2 is 1.76 bits per heavy atom. The number of rotatable bonds is 6. The third kappa shape index (κ3) is 5.34. The number of fused-ring (bicyclic) bond motifs is 1. The molecule has 10 nitrogen and oxygen atoms in total. The molecule has 5 rings (SSSR count). The van der Waals surface area contributed by atoms with Crippen LogP contribution in [0.3, 0.4) is 0 Å². The second-order valence-electron chi connectivity index (χ2n) is 8.09. The van der Waals surface area contributed by atoms with E-state index in [4.69, 9.17) is 4.74 Å². The summed E-state index contributed by atoms with van der Waals surface area (Å²) in [6, 6.07) is 13.6. The number of hydrogen-bond acceptors (Lipinski definition) is 9. The van der Waals surface area contributed by atoms with Crippen molar-refractivity contribution in [3.05, 3.63) is 59.5 Å². The second-order valence-corrected chi connectivity index (χ2v) is 11.9. The number of nitrogens with one attached hydrogen (secondary N) is 1. The van der Waals surface area contributed by atoms with Crippen LogP contribution in [0.25, 0.3) is 20.9 Å². The molecule has 0 unspecified atom stereocenters. The maximum absolute atomic E-state index is 13.0. The molecule has 0 atom stereocenters. The van der Waals surface area contributed by atoms with Crippen LogP contribution in [0, 0.1) is 0 Å². The molecule has 2 amide bonds. The lowest BCUT2D eigenvalue weighted by molar-refractivity contribution is 0.0933. The predicted octanol–water partition coefficient (Wildman–Crippen LogP) is 4.13. The number of benzene rings is 2. The monoisotopic (exact) mass is 557 g/mol. The van der Waals surface area contributed by atoms with Gasteiger partial charge in [0, 0.05) is 37.1 Å². The van der Waals surface area contributed by atoms with Gasteiger partial charge in [-0.05, 0) is 43.3 Å². The zero-order valence-corrected chi connectivity index (χ0v) is 22.2. The number of aromatic nitrogens is 2. The van der Waals surface area contributed by atoms with Crippen molar-refractivity contribution in [3.8, 4) is 10.7 Å². The molecule has 2 aromatic carbocycles. The fraction of sp³-hybridized carbons (Fsp3) is 0.250. The Labute approximate surface area is 221 Å². The van der Waals surface area contributed by atoms with E-state index in [2.05, 4.69) is 15.3 Å². The van der Waals surface area contributed by atoms with Gasteiger partial charge in [0.15, 0.2) is 5.13 Å². The minimum Gasteiger partial charge on any atom is -0.450 e. The molecule has 0 saturated carbocycles. The van der Waals surface area contributed by atoms with Crippen LogP contribution < -0.4 is 5.32 Å². The molecule has 4 aromatic rings. The van der Waals surface area contributed by atoms with Crippen molar-refractivity contribution in [1.29, 1.82) is 0 Å². The van der Waals surface area contributed by atoms with Crippen LogP contribution in [-0.2, 0) is 14.8 Å². The van der Waals surface area contributed by atoms with Crippen molar-refractivity contribution < 1.29 is 22.7 Å². The maximum atomic E-state index is 13.0. The highest BCUT2D eigenvalue weighted by molar-refractivity contribution is 7.89. The number of carbonyl (C=O) groups is 2. The first kappa shape index (κ1) is 25.3. The van der Waals surface area contributed by atoms with Gasteiger partial charge < -0.3 is 9.64 Å². The van der Waals surface area contributed by atoms with Gasteiger partial charge in [0.05, 0.1) is 21.7 Å². The van der Waals surface area contributed by atoms with Gasteiger partial charge in [-0.15, -0.1) is 22.7 Å². The van der Waals surface area contributed by atoms with Crippen molar-refractivity contribution >= 4 is 60.0 Å². The molecule has 1 N–H and O–H groups in total. The predicted molar refractivity (Wildman–Crippen MR) is 142 cm³/mol. The Morgan fingerprint density at radius 3 is 2.46 bits per heavy atom. The van der Waals surface area contributed by atoms with E-state index in [0.29, 0.717) is 16.4 Å². The summed E-state index contributed by atoms with van der Waals surface area (Å²) in [5.74, 6) is -0.391. The summed E-state index contributed by atoms with van der Waals surface area (Å²) < 4.78 is 33.5. The number of nitrogens with zero attached hydrogens (tertiary/aromatic N) is 4. The third-order valence-electron chi connectivity index (χ3n) is 5.76. The molecule has 1 aliphatic heterocycles. The quantitative estimate of drug-likeness (QED) is 0.378. The summed E-state index contributed by atoms with van der Waals surface area (Å²) in [4.78, 5) is 35.3. The van der Waals surface area contributed by atoms with Crippen molar-refractivity contribution in [3.63, 3.8) is 0 Å². The van der Waals surface area contributed by atoms with Gasteiger partial charge in [-0.1, -0.05) is 12.1 Å². The summed E-state index contributed by atoms with van der Waals surface area (Å²) in [6.07, 6.45) is -0.442. The number of piperazine rings is 1. The van der Waals surface area contributed by atoms with E-state index in [-0.39, 0.29) is 37.7 Å². The van der Waals surface area contributed by atoms with E-state index in [1.807, 2.05) is 29.6 Å². The standard InChI is InChI=1S/C24H23N5O5S3/c1-2-34-24(31)28-11-13-29(14-12-28)37(32,33)17-9-7-16(8-10-17)21(30)27-23-26-19(15-35-23)22-25-18-5-3-4-6-20(18)36-22/h3-10,15H,2,11-14H2,1H3,(H,26,27,30). The Hall–Kier alpha value is -3.39. The summed E-state index contributed by atoms with van der Waals surface area (Å²) in [6.45, 7) is 2.84. The van der Waals surface area contributed by atoms with Crippen LogP contribution in [0.15, 0.2) is 58.8 Å². The van der Waals surface area contributed by atoms with Crippen molar-refractivity contribution in [2.75, 3.05) is 38.1 Å². The van der Waals surface area contributed by atoms with Gasteiger partial charge >= 0.3 is 6.09 Å². The number of hydrogen-bond donors (Lipinski definition) is 1. The van der Waals surface area contributed by atoms with E-state index in [0.717, 1.165) is 15.2 Å². The molecule has 1 aliphatic rings. The molecule has 1 fully saturated rings. The molecule has 192 valence electrons. The first-order chi connectivity index (χ1) is 17.8. The number of para-hydroxylation sites is 1. The number of amides is 2. The molecular weight excluding hydrogens is 534 g/mol. The smallest absolute Gasteiger partial charge is 0.409 e. The van der Waals surface area contributed by atoms with Gasteiger partial charge in [-0.3, -0.25) is 10.1 Å². The first-order valence-electron chi connectivity index (χ1n) is 11.5. The molecular formula is C24H23N5O5S3. The zero-order chi connectivity index (χ0) is 26.0. The molecule has 0 aliphatic carbocycles. The molecule has 2 aromatic heterocycles. The van der Waals surface area contributed by atoms with Crippen LogP contribution in [0.5, 0.6) is 0 Å². The lowest BCUT2D eigenvalue weighted by atomic mass is 10.2. The van der Waals surface area contributed by atoms with E-state index in [9.17, 15) is 18.0 Å². The normalized spacial score (nSPS) is 14.6. The fourth-order valence-electron chi connectivity index (χ4n) is 3.83. The van der Waals surface area contributed by atoms with E-state index in [1.54, 1.807) is 6.92 Å². The zero-order valence-electron chi connectivity index (χ0n) is 19.8. The molecule has 1 saturated heterocycles. The van der Waals surface area contributed by atoms with Crippen LogP contribution in [-0.4, -0.2) is 72.4 Å². The third-order valence-corrected chi connectivity index (χ3v) is 9.49. The van der Waals surface area contributed by atoms with E-state index < -0.39 is 22.0 Å². The fourth-order valence-corrected chi connectivity index (χ4v) is 6.95. The van der Waals surface area contributed by atoms with Gasteiger partial charge in [-0.25, -0.2) is 23.2 Å². The van der Waals surface area contributed by atoms with Crippen LogP contribution in [0.1, 0.15) is 17.3 Å². The summed E-state index contributed by atoms with van der Waals surface area (Å²) in [7, 11) is -3.76. The molecule has 3 heterocycles. The Balaban J connectivity index is 1.22. The largest absolute Gasteiger partial charge is 0.450 e. The highest BCUT2D eigenvalue weighted by Crippen LogP contribution is 2.32. The minimum atomic E-state index is -3.76. The van der Waals surface area contributed by atoms with Gasteiger partial charge in [0.25, 0.3) is 5.91 Å². The second kappa shape index (κ2) is 10.5. The van der Waals surface area contributed by atoms with Crippen LogP contribution >= 0.6 is 22.7 Å². The highest BCUT2D eigenvalue weighted by Gasteiger charge is 2.30. The number of thiazole rings is 2. The Kier molecular flexibility index (Phi) is 7.20. The number of anilines is 1. The van der Waals surface area contributed by atoms with Gasteiger partial charge in [-0.2, -0.15) is 4.31 Å². The molecule has 0 bridgehead atoms. The number of ether oxygens (including phenoxy) is 1. The minimum absolute atomic E-state index is 0.0843. The SMILES string of the molecule is CCOC(=O)N1CCN(S(=O)(=O)c2ccc(C(=O)Nc3nc(-c4nc5ccccc5s4)cs3)cc2)CC1. The molecule has 0 radical (unpaired) electrons. The molecule has 0 spiro atoms. The topological polar surface area (TPSA) is 122 Å². The molecule has 13 heteroatoms. The number of carbonyl (C=O) groups excluding carboxylic acids is 2. The van der Waals surface area contributed by atoms with E-state index >= 15 is 0 Å². The van der Waals surface area contributed by atoms with Crippen molar-refractivity contribution in [2.45, 2.75) is 11.8 Å². The average molecular weight is 558 g/mol. The first-order valence-corrected chi connectivity index (χ1v) is 14.6. The van der Waals surface area contributed by atoms with Crippen LogP contribution in [0.4, 0.5) is 9.93 Å². The highest BCUT2D eigenvalue weighted by atomic mass is 32.2. The number of sulfonamides is 1. The lowest BCUT2D eigenvalue weighted by Gasteiger charge is -2.33. The van der Waals surface area contributed by atoms with Crippen molar-refractivity contribution in [2.24, 2.45) is 0 Å². The average Bonchev–Trinajstić information content (AvgIpc) is 3.56. The van der Waals surface area contributed by atoms with Gasteiger partial charge in [0.1, 0.15) is 10.7 Å². The molecule has 37 heavy (non-hydrogen) atoms. The Bertz CT molecular complexity index is 1510. The Morgan fingerprint density at radius 1 is 1.03 bits per heavy atom. The summed E-state index contributed by atoms with van der Waals surface area (Å²) >= 11 is 2.82. The van der Waals surface area contributed by atoms with Gasteiger partial charge in [0.2, 0.25) is 10.0 Å². The van der Waals surface area contributed by atoms with Crippen molar-refractivity contribution in [1.82, 2.24) is 19.2 Å². The lowest BCUT2D eigenvalue weighted by Crippen LogP contribution is -2.50. The maximum Gasteiger partial charge on any atom is 0.409 e. The van der Waals surface area contributed by atoms with E-state index in [1.165, 1.54) is 56.1 Å². The summed E-state index contributed by atoms with van der Waals surface area (Å²) in [5.41, 5.74) is 1.89. The van der Waals surface area contributed by atoms with Crippen LogP contribution in [0.2, 0.25) is 0 Å². The summed E-state index contributed by atoms with van der Waals surface area (Å²) in [5, 5.41) is 5.80.